The van der Waals surface area contributed by atoms with E-state index in [-0.39, 0.29) is 17.4 Å². The number of alkyl halides is 1. The predicted molar refractivity (Wildman–Crippen MR) is 143 cm³/mol. The lowest BCUT2D eigenvalue weighted by atomic mass is 9.79. The minimum atomic E-state index is -1.59. The largest absolute Gasteiger partial charge is 0.350 e. The fourth-order valence-electron chi connectivity index (χ4n) is 4.35. The van der Waals surface area contributed by atoms with Gasteiger partial charge in [-0.1, -0.05) is 26.0 Å². The van der Waals surface area contributed by atoms with Gasteiger partial charge in [-0.3, -0.25) is 4.79 Å². The fourth-order valence-corrected chi connectivity index (χ4v) is 4.35. The maximum atomic E-state index is 14.5. The van der Waals surface area contributed by atoms with Crippen molar-refractivity contribution in [3.63, 3.8) is 0 Å². The Kier molecular flexibility index (Phi) is 7.00. The molecule has 0 aliphatic carbocycles. The average molecular weight is 491 g/mol. The maximum absolute atomic E-state index is 14.5. The summed E-state index contributed by atoms with van der Waals surface area (Å²) in [7, 11) is 0. The molecule has 1 aliphatic rings. The van der Waals surface area contributed by atoms with Gasteiger partial charge in [0.15, 0.2) is 0 Å². The van der Waals surface area contributed by atoms with Crippen LogP contribution in [-0.2, 0) is 17.6 Å². The smallest absolute Gasteiger partial charge is 0.255 e. The van der Waals surface area contributed by atoms with E-state index >= 15 is 0 Å². The summed E-state index contributed by atoms with van der Waals surface area (Å²) in [4.78, 5) is 21.8. The molecule has 0 saturated carbocycles. The van der Waals surface area contributed by atoms with Gasteiger partial charge in [0.05, 0.1) is 16.9 Å². The molecule has 1 aliphatic heterocycles. The van der Waals surface area contributed by atoms with Crippen molar-refractivity contribution >= 4 is 28.9 Å². The summed E-state index contributed by atoms with van der Waals surface area (Å²) in [5.74, 6) is 0.759. The Balaban J connectivity index is 1.66. The zero-order valence-corrected chi connectivity index (χ0v) is 21.8. The number of carbonyl (C=O) groups is 1. The molecule has 4 N–H and O–H groups in total. The van der Waals surface area contributed by atoms with Crippen LogP contribution < -0.4 is 21.3 Å². The highest BCUT2D eigenvalue weighted by Gasteiger charge is 2.27. The third-order valence-electron chi connectivity index (χ3n) is 6.18. The first-order chi connectivity index (χ1) is 16.9. The molecule has 1 amide bonds. The highest BCUT2D eigenvalue weighted by molar-refractivity contribution is 6.00. The summed E-state index contributed by atoms with van der Waals surface area (Å²) in [6, 6.07) is 13.2. The van der Waals surface area contributed by atoms with Gasteiger partial charge in [-0.05, 0) is 63.1 Å². The molecule has 0 bridgehead atoms. The van der Waals surface area contributed by atoms with Crippen molar-refractivity contribution < 1.29 is 9.18 Å². The van der Waals surface area contributed by atoms with Crippen LogP contribution in [0.2, 0.25) is 0 Å². The van der Waals surface area contributed by atoms with E-state index in [1.807, 2.05) is 13.8 Å². The van der Waals surface area contributed by atoms with Gasteiger partial charge in [-0.15, -0.1) is 0 Å². The number of carbonyl (C=O) groups excluding carboxylic acids is 1. The second-order valence-corrected chi connectivity index (χ2v) is 10.7. The Morgan fingerprint density at radius 2 is 1.89 bits per heavy atom. The second kappa shape index (κ2) is 9.85. The molecule has 36 heavy (non-hydrogen) atoms. The maximum Gasteiger partial charge on any atom is 0.255 e. The molecule has 2 aromatic heterocycles. The number of hydrogen-bond acceptors (Lipinski definition) is 6. The molecule has 0 radical (unpaired) electrons. The monoisotopic (exact) mass is 490 g/mol. The minimum absolute atomic E-state index is 0.0368. The zero-order valence-electron chi connectivity index (χ0n) is 21.8. The van der Waals surface area contributed by atoms with Crippen LogP contribution in [-0.4, -0.2) is 28.5 Å². The van der Waals surface area contributed by atoms with Crippen molar-refractivity contribution in [3.05, 3.63) is 71.0 Å². The summed E-state index contributed by atoms with van der Waals surface area (Å²) >= 11 is 0. The molecule has 7 nitrogen and oxygen atoms in total. The molecule has 4 rings (SSSR count). The van der Waals surface area contributed by atoms with E-state index in [1.54, 1.807) is 24.3 Å². The number of fused-ring (bicyclic) bond motifs is 1. The average Bonchev–Trinajstić information content (AvgIpc) is 2.78. The molecule has 0 spiro atoms. The van der Waals surface area contributed by atoms with E-state index in [2.05, 4.69) is 63.3 Å². The lowest BCUT2D eigenvalue weighted by Gasteiger charge is -2.33. The number of benzene rings is 1. The molecule has 0 saturated heterocycles. The molecular weight excluding hydrogens is 455 g/mol. The number of nitrogens with one attached hydrogen (secondary N) is 4. The van der Waals surface area contributed by atoms with Gasteiger partial charge < -0.3 is 21.3 Å². The molecular formula is C28H35FN6O. The van der Waals surface area contributed by atoms with Crippen LogP contribution in [0.25, 0.3) is 0 Å². The van der Waals surface area contributed by atoms with Gasteiger partial charge in [0.1, 0.15) is 17.3 Å². The first-order valence-corrected chi connectivity index (χ1v) is 12.3. The highest BCUT2D eigenvalue weighted by Crippen LogP contribution is 2.32. The Morgan fingerprint density at radius 3 is 2.61 bits per heavy atom. The predicted octanol–water partition coefficient (Wildman–Crippen LogP) is 5.69. The van der Waals surface area contributed by atoms with Crippen LogP contribution in [0.1, 0.15) is 68.7 Å². The van der Waals surface area contributed by atoms with Gasteiger partial charge in [-0.25, -0.2) is 14.4 Å². The number of halogens is 1. The molecule has 0 atom stereocenters. The quantitative estimate of drug-likeness (QED) is 0.340. The van der Waals surface area contributed by atoms with E-state index in [4.69, 9.17) is 0 Å². The van der Waals surface area contributed by atoms with Crippen LogP contribution in [0.3, 0.4) is 0 Å². The number of rotatable bonds is 7. The first kappa shape index (κ1) is 25.6. The Labute approximate surface area is 212 Å². The molecule has 8 heteroatoms. The van der Waals surface area contributed by atoms with Crippen LogP contribution >= 0.6 is 0 Å². The van der Waals surface area contributed by atoms with Gasteiger partial charge >= 0.3 is 0 Å². The summed E-state index contributed by atoms with van der Waals surface area (Å²) < 4.78 is 14.5. The van der Waals surface area contributed by atoms with Crippen LogP contribution in [0.4, 0.5) is 27.4 Å². The van der Waals surface area contributed by atoms with Gasteiger partial charge in [0.2, 0.25) is 0 Å². The van der Waals surface area contributed by atoms with Crippen molar-refractivity contribution in [3.8, 4) is 0 Å². The summed E-state index contributed by atoms with van der Waals surface area (Å²) in [5, 5.41) is 12.9. The normalized spacial score (nSPS) is 14.8. The Morgan fingerprint density at radius 1 is 1.11 bits per heavy atom. The van der Waals surface area contributed by atoms with Gasteiger partial charge in [-0.2, -0.15) is 0 Å². The van der Waals surface area contributed by atoms with Crippen molar-refractivity contribution in [2.75, 3.05) is 17.2 Å². The van der Waals surface area contributed by atoms with Crippen molar-refractivity contribution in [2.45, 2.75) is 65.2 Å². The van der Waals surface area contributed by atoms with E-state index in [0.717, 1.165) is 18.8 Å². The summed E-state index contributed by atoms with van der Waals surface area (Å²) in [5.41, 5.74) is 3.18. The van der Waals surface area contributed by atoms with Crippen molar-refractivity contribution in [2.24, 2.45) is 0 Å². The van der Waals surface area contributed by atoms with Crippen LogP contribution in [0, 0.1) is 0 Å². The first-order valence-electron chi connectivity index (χ1n) is 12.3. The topological polar surface area (TPSA) is 91.0 Å². The van der Waals surface area contributed by atoms with Crippen molar-refractivity contribution in [1.29, 1.82) is 0 Å². The Hall–Kier alpha value is -3.52. The van der Waals surface area contributed by atoms with Gasteiger partial charge in [0, 0.05) is 42.5 Å². The molecule has 3 aromatic rings. The second-order valence-electron chi connectivity index (χ2n) is 10.7. The molecule has 1 aromatic carbocycles. The standard InChI is InChI=1S/C28H35FN6O/c1-17(2)32-26(36)20-15-31-25(13-22(20)34-24-9-7-8-23(35-24)28(5,6)29)33-19-10-11-21-18(12-19)14-30-16-27(21,3)4/h7-13,15,17,30H,14,16H2,1-6H3,(H,32,36)(H2,31,33,34,35). The van der Waals surface area contributed by atoms with Gasteiger partial charge in [0.25, 0.3) is 5.91 Å². The molecule has 190 valence electrons. The van der Waals surface area contributed by atoms with E-state index in [9.17, 15) is 9.18 Å². The number of nitrogens with zero attached hydrogens (tertiary/aromatic N) is 2. The lowest BCUT2D eigenvalue weighted by Crippen LogP contribution is -2.38. The lowest BCUT2D eigenvalue weighted by molar-refractivity contribution is 0.0943. The molecule has 3 heterocycles. The van der Waals surface area contributed by atoms with E-state index in [1.165, 1.54) is 31.2 Å². The number of anilines is 4. The fraction of sp³-hybridized carbons (Fsp3) is 0.393. The molecule has 0 unspecified atom stereocenters. The van der Waals surface area contributed by atoms with E-state index in [0.29, 0.717) is 28.6 Å². The van der Waals surface area contributed by atoms with Crippen LogP contribution in [0.15, 0.2) is 48.7 Å². The number of aromatic nitrogens is 2. The number of pyridine rings is 2. The SMILES string of the molecule is CC(C)NC(=O)c1cnc(Nc2ccc3c(c2)CNCC3(C)C)cc1Nc1cccc(C(C)(C)F)n1. The highest BCUT2D eigenvalue weighted by atomic mass is 19.1. The Bertz CT molecular complexity index is 1270. The summed E-state index contributed by atoms with van der Waals surface area (Å²) in [6.07, 6.45) is 1.54. The summed E-state index contributed by atoms with van der Waals surface area (Å²) in [6.45, 7) is 12.9. The zero-order chi connectivity index (χ0) is 26.1. The number of hydrogen-bond donors (Lipinski definition) is 4. The minimum Gasteiger partial charge on any atom is -0.350 e. The third-order valence-corrected chi connectivity index (χ3v) is 6.18. The third kappa shape index (κ3) is 5.82. The van der Waals surface area contributed by atoms with E-state index < -0.39 is 5.67 Å². The van der Waals surface area contributed by atoms with Crippen molar-refractivity contribution in [1.82, 2.24) is 20.6 Å². The van der Waals surface area contributed by atoms with Crippen LogP contribution in [0.5, 0.6) is 0 Å². The molecule has 0 fully saturated rings. The number of amides is 1.